The van der Waals surface area contributed by atoms with Crippen molar-refractivity contribution in [3.8, 4) is 22.4 Å². The third-order valence-corrected chi connectivity index (χ3v) is 11.4. The molecule has 2 aromatic heterocycles. The molecule has 4 N–H and O–H groups in total. The molecule has 3 aromatic carbocycles. The molecule has 0 saturated carbocycles. The molecule has 5 aromatic rings. The van der Waals surface area contributed by atoms with Crippen LogP contribution in [0.2, 0.25) is 0 Å². The van der Waals surface area contributed by atoms with E-state index in [1.807, 2.05) is 6.20 Å². The van der Waals surface area contributed by atoms with E-state index in [-0.39, 0.29) is 12.1 Å². The van der Waals surface area contributed by atoms with Gasteiger partial charge in [0.25, 0.3) is 0 Å². The summed E-state index contributed by atoms with van der Waals surface area (Å²) < 4.78 is 0. The average Bonchev–Trinajstić information content (AvgIpc) is 4.05. The molecular weight excluding hydrogens is 677 g/mol. The summed E-state index contributed by atoms with van der Waals surface area (Å²) in [6.07, 6.45) is 11.3. The number of H-pyrrole nitrogens is 2. The SMILES string of the molecule is C=C(CC)N[C@@H](CC)C(=C)N1CCC[C@H]1c1nc2ccc(-c3ccc4cc(-c5cnc[nH]5)ccc4c3)cc2[nH]1.C=C(CC)N[C@H](C(=C)N1CCCC1)C(C)C. The van der Waals surface area contributed by atoms with Crippen molar-refractivity contribution in [2.45, 2.75) is 97.7 Å². The van der Waals surface area contributed by atoms with Gasteiger partial charge in [-0.15, -0.1) is 0 Å². The van der Waals surface area contributed by atoms with Crippen LogP contribution in [-0.2, 0) is 0 Å². The first-order valence-corrected chi connectivity index (χ1v) is 20.4. The van der Waals surface area contributed by atoms with Gasteiger partial charge in [0.15, 0.2) is 0 Å². The molecule has 2 saturated heterocycles. The fourth-order valence-corrected chi connectivity index (χ4v) is 7.90. The number of fused-ring (bicyclic) bond motifs is 2. The first-order chi connectivity index (χ1) is 26.6. The fourth-order valence-electron chi connectivity index (χ4n) is 7.90. The standard InChI is InChI=1S/C33H36N6.C14H26N2/c1-5-21(3)36-28(6-2)22(4)39-15-7-8-32(39)33-37-29-14-13-26(18-30(29)38-33)24-9-10-25-17-27(12-11-23(25)16-24)31-19-34-20-35-31;1-6-12(4)15-14(11(2)3)13(5)16-9-7-8-10-16/h9-14,16-20,28,32,36H,3-8,15H2,1-2H3,(H,34,35)(H,37,38);11,14-15H,4-10H2,1-3H3/t28-,32-;14-/m00/s1. The van der Waals surface area contributed by atoms with E-state index in [1.165, 1.54) is 53.5 Å². The molecule has 8 heteroatoms. The second-order valence-corrected chi connectivity index (χ2v) is 15.5. The Bertz CT molecular complexity index is 2100. The van der Waals surface area contributed by atoms with Crippen LogP contribution in [0.1, 0.15) is 91.4 Å². The molecule has 4 heterocycles. The predicted octanol–water partition coefficient (Wildman–Crippen LogP) is 10.8. The molecule has 2 aliphatic rings. The minimum atomic E-state index is 0.192. The van der Waals surface area contributed by atoms with Crippen molar-refractivity contribution in [3.05, 3.63) is 122 Å². The number of aromatic nitrogens is 4. The fraction of sp³-hybridized carbons (Fsp3) is 0.404. The molecule has 8 nitrogen and oxygen atoms in total. The summed E-state index contributed by atoms with van der Waals surface area (Å²) in [5.41, 5.74) is 11.1. The minimum absolute atomic E-state index is 0.192. The molecule has 0 bridgehead atoms. The molecule has 7 rings (SSSR count). The molecule has 2 fully saturated rings. The highest BCUT2D eigenvalue weighted by Gasteiger charge is 2.32. The van der Waals surface area contributed by atoms with E-state index in [0.717, 1.165) is 83.9 Å². The third kappa shape index (κ3) is 9.18. The number of aromatic amines is 2. The Kier molecular flexibility index (Phi) is 12.9. The molecule has 3 atom stereocenters. The molecule has 0 amide bonds. The number of allylic oxidation sites excluding steroid dienone is 2. The van der Waals surface area contributed by atoms with Crippen LogP contribution in [-0.4, -0.2) is 61.5 Å². The van der Waals surface area contributed by atoms with Gasteiger partial charge in [0.05, 0.1) is 47.4 Å². The lowest BCUT2D eigenvalue weighted by molar-refractivity contribution is 0.287. The summed E-state index contributed by atoms with van der Waals surface area (Å²) in [6.45, 7) is 31.2. The topological polar surface area (TPSA) is 87.9 Å². The molecule has 0 spiro atoms. The van der Waals surface area contributed by atoms with Crippen LogP contribution < -0.4 is 10.6 Å². The summed E-state index contributed by atoms with van der Waals surface area (Å²) >= 11 is 0. The van der Waals surface area contributed by atoms with Crippen LogP contribution in [0, 0.1) is 5.92 Å². The molecule has 2 aliphatic heterocycles. The van der Waals surface area contributed by atoms with Gasteiger partial charge in [-0.3, -0.25) is 0 Å². The van der Waals surface area contributed by atoms with Gasteiger partial charge in [-0.25, -0.2) is 9.97 Å². The number of benzene rings is 3. The van der Waals surface area contributed by atoms with E-state index in [0.29, 0.717) is 12.0 Å². The minimum Gasteiger partial charge on any atom is -0.381 e. The van der Waals surface area contributed by atoms with E-state index in [2.05, 4.69) is 151 Å². The lowest BCUT2D eigenvalue weighted by Gasteiger charge is -2.33. The molecule has 55 heavy (non-hydrogen) atoms. The van der Waals surface area contributed by atoms with Crippen LogP contribution in [0.5, 0.6) is 0 Å². The number of rotatable bonds is 15. The summed E-state index contributed by atoms with van der Waals surface area (Å²) in [5, 5.41) is 9.50. The van der Waals surface area contributed by atoms with Crippen LogP contribution in [0.4, 0.5) is 0 Å². The molecule has 0 aliphatic carbocycles. The second-order valence-electron chi connectivity index (χ2n) is 15.5. The third-order valence-electron chi connectivity index (χ3n) is 11.4. The second kappa shape index (κ2) is 17.9. The highest BCUT2D eigenvalue weighted by Crippen LogP contribution is 2.36. The molecule has 0 radical (unpaired) electrons. The highest BCUT2D eigenvalue weighted by atomic mass is 15.2. The smallest absolute Gasteiger partial charge is 0.130 e. The maximum atomic E-state index is 5.02. The number of likely N-dealkylation sites (tertiary alicyclic amines) is 2. The zero-order valence-electron chi connectivity index (χ0n) is 33.8. The Hall–Kier alpha value is -5.24. The summed E-state index contributed by atoms with van der Waals surface area (Å²) in [6, 6.07) is 20.4. The van der Waals surface area contributed by atoms with Gasteiger partial charge in [0.2, 0.25) is 0 Å². The van der Waals surface area contributed by atoms with E-state index < -0.39 is 0 Å². The van der Waals surface area contributed by atoms with Gasteiger partial charge in [-0.05, 0) is 97.0 Å². The van der Waals surface area contributed by atoms with Crippen molar-refractivity contribution in [3.63, 3.8) is 0 Å². The van der Waals surface area contributed by atoms with E-state index in [4.69, 9.17) is 4.98 Å². The van der Waals surface area contributed by atoms with Crippen molar-refractivity contribution in [1.29, 1.82) is 0 Å². The zero-order valence-corrected chi connectivity index (χ0v) is 33.8. The molecule has 0 unspecified atom stereocenters. The van der Waals surface area contributed by atoms with Gasteiger partial charge in [0, 0.05) is 48.0 Å². The quantitative estimate of drug-likeness (QED) is 0.0855. The van der Waals surface area contributed by atoms with Gasteiger partial charge in [-0.2, -0.15) is 0 Å². The maximum Gasteiger partial charge on any atom is 0.130 e. The molecular formula is C47H62N8. The van der Waals surface area contributed by atoms with E-state index in [1.54, 1.807) is 6.33 Å². The number of hydrogen-bond acceptors (Lipinski definition) is 6. The van der Waals surface area contributed by atoms with Crippen molar-refractivity contribution in [2.24, 2.45) is 5.92 Å². The maximum absolute atomic E-state index is 5.02. The van der Waals surface area contributed by atoms with Gasteiger partial charge < -0.3 is 30.4 Å². The van der Waals surface area contributed by atoms with Crippen LogP contribution in [0.3, 0.4) is 0 Å². The van der Waals surface area contributed by atoms with Crippen LogP contribution >= 0.6 is 0 Å². The Morgan fingerprint density at radius 3 is 2.11 bits per heavy atom. The number of nitrogens with zero attached hydrogens (tertiary/aromatic N) is 4. The van der Waals surface area contributed by atoms with Gasteiger partial charge in [-0.1, -0.05) is 91.3 Å². The Labute approximate surface area is 328 Å². The Balaban J connectivity index is 0.000000271. The van der Waals surface area contributed by atoms with Gasteiger partial charge >= 0.3 is 0 Å². The molecule has 290 valence electrons. The van der Waals surface area contributed by atoms with Crippen molar-refractivity contribution >= 4 is 21.8 Å². The van der Waals surface area contributed by atoms with Crippen LogP contribution in [0.25, 0.3) is 44.2 Å². The average molecular weight is 739 g/mol. The monoisotopic (exact) mass is 739 g/mol. The first-order valence-electron chi connectivity index (χ1n) is 20.4. The zero-order chi connectivity index (χ0) is 39.1. The predicted molar refractivity (Wildman–Crippen MR) is 232 cm³/mol. The Morgan fingerprint density at radius 2 is 1.45 bits per heavy atom. The van der Waals surface area contributed by atoms with Gasteiger partial charge in [0.1, 0.15) is 5.82 Å². The van der Waals surface area contributed by atoms with Crippen molar-refractivity contribution in [2.75, 3.05) is 19.6 Å². The normalized spacial score (nSPS) is 16.6. The summed E-state index contributed by atoms with van der Waals surface area (Å²) in [7, 11) is 0. The lowest BCUT2D eigenvalue weighted by atomic mass is 9.99. The first kappa shape index (κ1) is 39.5. The van der Waals surface area contributed by atoms with Crippen molar-refractivity contribution < 1.29 is 0 Å². The van der Waals surface area contributed by atoms with E-state index >= 15 is 0 Å². The van der Waals surface area contributed by atoms with Crippen molar-refractivity contribution in [1.82, 2.24) is 40.4 Å². The Morgan fingerprint density at radius 1 is 0.800 bits per heavy atom. The largest absolute Gasteiger partial charge is 0.381 e. The lowest BCUT2D eigenvalue weighted by Crippen LogP contribution is -2.40. The van der Waals surface area contributed by atoms with E-state index in [9.17, 15) is 0 Å². The summed E-state index contributed by atoms with van der Waals surface area (Å²) in [4.78, 5) is 20.9. The number of imidazole rings is 2. The number of nitrogens with one attached hydrogen (secondary N) is 4. The highest BCUT2D eigenvalue weighted by molar-refractivity contribution is 5.91. The number of hydrogen-bond donors (Lipinski definition) is 4. The van der Waals surface area contributed by atoms with Crippen LogP contribution in [0.15, 0.2) is 116 Å². The summed E-state index contributed by atoms with van der Waals surface area (Å²) in [5.74, 6) is 1.58.